The van der Waals surface area contributed by atoms with Gasteiger partial charge in [0.25, 0.3) is 0 Å². The van der Waals surface area contributed by atoms with E-state index in [4.69, 9.17) is 4.74 Å². The van der Waals surface area contributed by atoms with E-state index in [1.54, 1.807) is 0 Å². The zero-order chi connectivity index (χ0) is 15.2. The average Bonchev–Trinajstić information content (AvgIpc) is 2.46. The molecule has 2 fully saturated rings. The van der Waals surface area contributed by atoms with E-state index in [9.17, 15) is 5.11 Å². The minimum Gasteiger partial charge on any atom is -0.389 e. The molecular formula is C18H35NO2. The first-order valence-electron chi connectivity index (χ1n) is 9.08. The van der Waals surface area contributed by atoms with Crippen molar-refractivity contribution >= 4 is 0 Å². The second-order valence-corrected chi connectivity index (χ2v) is 7.71. The van der Waals surface area contributed by atoms with E-state index < -0.39 is 0 Å². The van der Waals surface area contributed by atoms with Crippen molar-refractivity contribution in [3.8, 4) is 0 Å². The molecule has 3 heteroatoms. The van der Waals surface area contributed by atoms with Crippen LogP contribution in [0.25, 0.3) is 0 Å². The first-order valence-corrected chi connectivity index (χ1v) is 9.08. The Bertz CT molecular complexity index is 289. The molecule has 2 rings (SSSR count). The molecule has 1 N–H and O–H groups in total. The van der Waals surface area contributed by atoms with Gasteiger partial charge in [-0.25, -0.2) is 0 Å². The van der Waals surface area contributed by atoms with Crippen molar-refractivity contribution in [3.63, 3.8) is 0 Å². The summed E-state index contributed by atoms with van der Waals surface area (Å²) in [6.07, 6.45) is 7.72. The monoisotopic (exact) mass is 297 g/mol. The Morgan fingerprint density at radius 2 is 1.86 bits per heavy atom. The maximum Gasteiger partial charge on any atom is 0.0900 e. The predicted octanol–water partition coefficient (Wildman–Crippen LogP) is 3.31. The second kappa shape index (κ2) is 8.50. The van der Waals surface area contributed by atoms with Gasteiger partial charge in [-0.05, 0) is 56.5 Å². The molecule has 0 unspecified atom stereocenters. The van der Waals surface area contributed by atoms with E-state index in [0.29, 0.717) is 24.5 Å². The second-order valence-electron chi connectivity index (χ2n) is 7.71. The van der Waals surface area contributed by atoms with E-state index in [1.807, 2.05) is 0 Å². The van der Waals surface area contributed by atoms with Crippen LogP contribution < -0.4 is 0 Å². The number of piperidine rings is 1. The summed E-state index contributed by atoms with van der Waals surface area (Å²) in [5, 5.41) is 10.3. The van der Waals surface area contributed by atoms with Gasteiger partial charge in [-0.15, -0.1) is 0 Å². The molecule has 2 aliphatic rings. The lowest BCUT2D eigenvalue weighted by Crippen LogP contribution is -2.40. The minimum atomic E-state index is -0.326. The number of hydrogen-bond acceptors (Lipinski definition) is 3. The van der Waals surface area contributed by atoms with Gasteiger partial charge in [0.05, 0.1) is 18.8 Å². The van der Waals surface area contributed by atoms with Crippen LogP contribution in [0.3, 0.4) is 0 Å². The fraction of sp³-hybridized carbons (Fsp3) is 1.00. The van der Waals surface area contributed by atoms with Crippen molar-refractivity contribution in [1.29, 1.82) is 0 Å². The molecule has 1 saturated carbocycles. The van der Waals surface area contributed by atoms with Gasteiger partial charge in [0.2, 0.25) is 0 Å². The van der Waals surface area contributed by atoms with E-state index in [2.05, 4.69) is 25.7 Å². The van der Waals surface area contributed by atoms with E-state index in [-0.39, 0.29) is 6.10 Å². The number of hydrogen-bond donors (Lipinski definition) is 1. The Kier molecular flexibility index (Phi) is 6.97. The lowest BCUT2D eigenvalue weighted by atomic mass is 9.75. The van der Waals surface area contributed by atoms with Gasteiger partial charge in [-0.3, -0.25) is 0 Å². The fourth-order valence-corrected chi connectivity index (χ4v) is 4.03. The van der Waals surface area contributed by atoms with Crippen LogP contribution in [0, 0.1) is 17.8 Å². The summed E-state index contributed by atoms with van der Waals surface area (Å²) in [5.41, 5.74) is 0. The lowest BCUT2D eigenvalue weighted by Gasteiger charge is -2.38. The van der Waals surface area contributed by atoms with Crippen LogP contribution in [-0.4, -0.2) is 48.5 Å². The van der Waals surface area contributed by atoms with Crippen LogP contribution >= 0.6 is 0 Å². The molecular weight excluding hydrogens is 262 g/mol. The lowest BCUT2D eigenvalue weighted by molar-refractivity contribution is -0.0744. The van der Waals surface area contributed by atoms with Gasteiger partial charge in [-0.2, -0.15) is 0 Å². The highest BCUT2D eigenvalue weighted by Crippen LogP contribution is 2.35. The molecule has 4 atom stereocenters. The summed E-state index contributed by atoms with van der Waals surface area (Å²) in [7, 11) is 0. The zero-order valence-corrected chi connectivity index (χ0v) is 14.3. The van der Waals surface area contributed by atoms with Gasteiger partial charge in [-0.1, -0.05) is 33.6 Å². The number of ether oxygens (including phenoxy) is 1. The summed E-state index contributed by atoms with van der Waals surface area (Å²) >= 11 is 0. The van der Waals surface area contributed by atoms with Crippen molar-refractivity contribution in [2.45, 2.75) is 71.5 Å². The summed E-state index contributed by atoms with van der Waals surface area (Å²) < 4.78 is 6.15. The van der Waals surface area contributed by atoms with Crippen molar-refractivity contribution < 1.29 is 9.84 Å². The van der Waals surface area contributed by atoms with Crippen molar-refractivity contribution in [3.05, 3.63) is 0 Å². The van der Waals surface area contributed by atoms with Crippen LogP contribution in [0.5, 0.6) is 0 Å². The van der Waals surface area contributed by atoms with Gasteiger partial charge in [0.1, 0.15) is 0 Å². The van der Waals surface area contributed by atoms with Gasteiger partial charge < -0.3 is 14.7 Å². The number of nitrogens with zero attached hydrogens (tertiary/aromatic N) is 1. The summed E-state index contributed by atoms with van der Waals surface area (Å²) in [6, 6.07) is 0. The van der Waals surface area contributed by atoms with Crippen LogP contribution in [0.15, 0.2) is 0 Å². The molecule has 3 nitrogen and oxygen atoms in total. The van der Waals surface area contributed by atoms with E-state index >= 15 is 0 Å². The van der Waals surface area contributed by atoms with E-state index in [0.717, 1.165) is 25.6 Å². The first-order chi connectivity index (χ1) is 10.1. The Morgan fingerprint density at radius 1 is 1.14 bits per heavy atom. The highest BCUT2D eigenvalue weighted by atomic mass is 16.5. The van der Waals surface area contributed by atoms with Crippen molar-refractivity contribution in [2.24, 2.45) is 17.8 Å². The molecule has 1 saturated heterocycles. The smallest absolute Gasteiger partial charge is 0.0900 e. The predicted molar refractivity (Wildman–Crippen MR) is 87.4 cm³/mol. The van der Waals surface area contributed by atoms with Crippen LogP contribution in [-0.2, 0) is 4.74 Å². The number of aliphatic hydroxyl groups is 1. The molecule has 0 radical (unpaired) electrons. The molecule has 0 aromatic rings. The number of likely N-dealkylation sites (tertiary alicyclic amines) is 1. The summed E-state index contributed by atoms with van der Waals surface area (Å²) in [4.78, 5) is 2.39. The fourth-order valence-electron chi connectivity index (χ4n) is 4.03. The SMILES string of the molecule is CC(C)[C@@H]1CC[C@H](C)C[C@H]1OC[C@H](O)CN1CCCCC1. The first kappa shape index (κ1) is 17.2. The van der Waals surface area contributed by atoms with E-state index in [1.165, 1.54) is 38.5 Å². The third kappa shape index (κ3) is 5.54. The Balaban J connectivity index is 1.73. The number of rotatable bonds is 6. The Morgan fingerprint density at radius 3 is 2.52 bits per heavy atom. The number of aliphatic hydroxyl groups excluding tert-OH is 1. The summed E-state index contributed by atoms with van der Waals surface area (Å²) in [5.74, 6) is 2.12. The molecule has 1 aliphatic carbocycles. The molecule has 0 spiro atoms. The third-order valence-corrected chi connectivity index (χ3v) is 5.38. The van der Waals surface area contributed by atoms with Crippen LogP contribution in [0.2, 0.25) is 0 Å². The van der Waals surface area contributed by atoms with Gasteiger partial charge >= 0.3 is 0 Å². The molecule has 0 amide bonds. The molecule has 124 valence electrons. The molecule has 21 heavy (non-hydrogen) atoms. The normalized spacial score (nSPS) is 33.3. The Labute approximate surface area is 131 Å². The molecule has 0 aromatic heterocycles. The third-order valence-electron chi connectivity index (χ3n) is 5.38. The minimum absolute atomic E-state index is 0.326. The molecule has 1 aliphatic heterocycles. The highest BCUT2D eigenvalue weighted by Gasteiger charge is 2.31. The quantitative estimate of drug-likeness (QED) is 0.816. The van der Waals surface area contributed by atoms with Gasteiger partial charge in [0, 0.05) is 6.54 Å². The topological polar surface area (TPSA) is 32.7 Å². The van der Waals surface area contributed by atoms with Gasteiger partial charge in [0.15, 0.2) is 0 Å². The number of β-amino-alcohol motifs (C(OH)–C–C–N with tert-alkyl or cyclic N) is 1. The standard InChI is InChI=1S/C18H35NO2/c1-14(2)17-8-7-15(3)11-18(17)21-13-16(20)12-19-9-5-4-6-10-19/h14-18,20H,4-13H2,1-3H3/t15-,16+,17-,18+/m0/s1. The Hall–Kier alpha value is -0.120. The average molecular weight is 297 g/mol. The van der Waals surface area contributed by atoms with Crippen LogP contribution in [0.4, 0.5) is 0 Å². The molecule has 1 heterocycles. The van der Waals surface area contributed by atoms with Crippen molar-refractivity contribution in [2.75, 3.05) is 26.2 Å². The van der Waals surface area contributed by atoms with Crippen molar-refractivity contribution in [1.82, 2.24) is 4.90 Å². The zero-order valence-electron chi connectivity index (χ0n) is 14.3. The summed E-state index contributed by atoms with van der Waals surface area (Å²) in [6.45, 7) is 10.5. The van der Waals surface area contributed by atoms with Crippen LogP contribution in [0.1, 0.15) is 59.3 Å². The molecule has 0 aromatic carbocycles. The maximum absolute atomic E-state index is 10.3. The largest absolute Gasteiger partial charge is 0.389 e. The maximum atomic E-state index is 10.3. The molecule has 0 bridgehead atoms. The highest BCUT2D eigenvalue weighted by molar-refractivity contribution is 4.82.